The molecule has 0 aliphatic carbocycles. The Hall–Kier alpha value is -2.46. The van der Waals surface area contributed by atoms with E-state index in [-0.39, 0.29) is 11.5 Å². The molecule has 0 bridgehead atoms. The van der Waals surface area contributed by atoms with Gasteiger partial charge in [0, 0.05) is 24.3 Å². The molecule has 4 heteroatoms. The third-order valence-corrected chi connectivity index (χ3v) is 3.21. The topological polar surface area (TPSA) is 58.9 Å². The molecule has 20 heavy (non-hydrogen) atoms. The van der Waals surface area contributed by atoms with Gasteiger partial charge in [0.2, 0.25) is 6.29 Å². The SMILES string of the molecule is COC1Oc2cc(O)ccc2C=C1c1ccc(O)cc1. The van der Waals surface area contributed by atoms with Gasteiger partial charge in [0.1, 0.15) is 17.2 Å². The highest BCUT2D eigenvalue weighted by atomic mass is 16.7. The van der Waals surface area contributed by atoms with Crippen LogP contribution in [0.15, 0.2) is 42.5 Å². The summed E-state index contributed by atoms with van der Waals surface area (Å²) < 4.78 is 11.1. The van der Waals surface area contributed by atoms with Gasteiger partial charge < -0.3 is 19.7 Å². The Bertz CT molecular complexity index is 659. The van der Waals surface area contributed by atoms with Crippen LogP contribution < -0.4 is 4.74 Å². The third-order valence-electron chi connectivity index (χ3n) is 3.21. The summed E-state index contributed by atoms with van der Waals surface area (Å²) in [5.41, 5.74) is 2.65. The van der Waals surface area contributed by atoms with Crippen molar-refractivity contribution < 1.29 is 19.7 Å². The zero-order valence-corrected chi connectivity index (χ0v) is 10.9. The number of aromatic hydroxyl groups is 2. The van der Waals surface area contributed by atoms with E-state index in [0.717, 1.165) is 16.7 Å². The van der Waals surface area contributed by atoms with Crippen LogP contribution in [-0.2, 0) is 4.74 Å². The highest BCUT2D eigenvalue weighted by Gasteiger charge is 2.23. The van der Waals surface area contributed by atoms with Crippen LogP contribution in [0.3, 0.4) is 0 Å². The second-order valence-electron chi connectivity index (χ2n) is 4.55. The minimum absolute atomic E-state index is 0.153. The molecule has 0 radical (unpaired) electrons. The number of methoxy groups -OCH3 is 1. The molecule has 1 aliphatic rings. The van der Waals surface area contributed by atoms with E-state index >= 15 is 0 Å². The molecule has 2 aromatic rings. The first kappa shape index (κ1) is 12.6. The van der Waals surface area contributed by atoms with Crippen LogP contribution in [0.4, 0.5) is 0 Å². The normalized spacial score (nSPS) is 17.1. The number of phenols is 2. The third kappa shape index (κ3) is 2.21. The van der Waals surface area contributed by atoms with E-state index in [0.29, 0.717) is 5.75 Å². The summed E-state index contributed by atoms with van der Waals surface area (Å²) in [6, 6.07) is 11.8. The largest absolute Gasteiger partial charge is 0.508 e. The average molecular weight is 270 g/mol. The zero-order valence-electron chi connectivity index (χ0n) is 10.9. The molecule has 0 saturated heterocycles. The van der Waals surface area contributed by atoms with Gasteiger partial charge >= 0.3 is 0 Å². The van der Waals surface area contributed by atoms with Crippen LogP contribution in [0.1, 0.15) is 11.1 Å². The number of ether oxygens (including phenoxy) is 2. The van der Waals surface area contributed by atoms with Crippen LogP contribution in [0.25, 0.3) is 11.6 Å². The monoisotopic (exact) mass is 270 g/mol. The lowest BCUT2D eigenvalue weighted by Gasteiger charge is -2.26. The predicted octanol–water partition coefficient (Wildman–Crippen LogP) is 3.00. The summed E-state index contributed by atoms with van der Waals surface area (Å²) in [6.07, 6.45) is 1.41. The van der Waals surface area contributed by atoms with Crippen molar-refractivity contribution in [3.8, 4) is 17.2 Å². The Kier molecular flexibility index (Phi) is 3.08. The Balaban J connectivity index is 2.07. The lowest BCUT2D eigenvalue weighted by molar-refractivity contribution is -0.00906. The van der Waals surface area contributed by atoms with Gasteiger partial charge in [0.05, 0.1) is 0 Å². The van der Waals surface area contributed by atoms with Crippen LogP contribution in [-0.4, -0.2) is 23.6 Å². The van der Waals surface area contributed by atoms with E-state index in [1.807, 2.05) is 18.2 Å². The summed E-state index contributed by atoms with van der Waals surface area (Å²) in [4.78, 5) is 0. The van der Waals surface area contributed by atoms with E-state index in [4.69, 9.17) is 9.47 Å². The predicted molar refractivity (Wildman–Crippen MR) is 75.5 cm³/mol. The van der Waals surface area contributed by atoms with Crippen molar-refractivity contribution in [3.63, 3.8) is 0 Å². The molecular formula is C16H14O4. The van der Waals surface area contributed by atoms with Crippen molar-refractivity contribution in [1.82, 2.24) is 0 Å². The summed E-state index contributed by atoms with van der Waals surface area (Å²) in [6.45, 7) is 0. The lowest BCUT2D eigenvalue weighted by Crippen LogP contribution is -2.23. The molecule has 1 atom stereocenters. The fourth-order valence-electron chi connectivity index (χ4n) is 2.21. The molecule has 0 amide bonds. The van der Waals surface area contributed by atoms with Crippen LogP contribution >= 0.6 is 0 Å². The molecule has 2 aromatic carbocycles. The fourth-order valence-corrected chi connectivity index (χ4v) is 2.21. The van der Waals surface area contributed by atoms with Gasteiger partial charge in [-0.25, -0.2) is 0 Å². The van der Waals surface area contributed by atoms with Gasteiger partial charge in [-0.15, -0.1) is 0 Å². The average Bonchev–Trinajstić information content (AvgIpc) is 2.46. The van der Waals surface area contributed by atoms with E-state index in [2.05, 4.69) is 0 Å². The molecule has 0 spiro atoms. The Labute approximate surface area is 116 Å². The van der Waals surface area contributed by atoms with E-state index in [1.165, 1.54) is 0 Å². The summed E-state index contributed by atoms with van der Waals surface area (Å²) in [5.74, 6) is 0.949. The maximum atomic E-state index is 9.49. The molecule has 1 unspecified atom stereocenters. The molecule has 0 aromatic heterocycles. The highest BCUT2D eigenvalue weighted by molar-refractivity contribution is 5.86. The Morgan fingerprint density at radius 3 is 2.40 bits per heavy atom. The van der Waals surface area contributed by atoms with E-state index in [9.17, 15) is 10.2 Å². The molecule has 1 heterocycles. The second-order valence-corrected chi connectivity index (χ2v) is 4.55. The van der Waals surface area contributed by atoms with Crippen molar-refractivity contribution >= 4 is 11.6 Å². The first-order chi connectivity index (χ1) is 9.67. The summed E-state index contributed by atoms with van der Waals surface area (Å²) >= 11 is 0. The van der Waals surface area contributed by atoms with Crippen LogP contribution in [0.5, 0.6) is 17.2 Å². The van der Waals surface area contributed by atoms with E-state index in [1.54, 1.807) is 37.4 Å². The molecule has 4 nitrogen and oxygen atoms in total. The maximum Gasteiger partial charge on any atom is 0.227 e. The number of phenolic OH excluding ortho intramolecular Hbond substituents is 2. The van der Waals surface area contributed by atoms with Crippen molar-refractivity contribution in [2.24, 2.45) is 0 Å². The Morgan fingerprint density at radius 2 is 1.70 bits per heavy atom. The van der Waals surface area contributed by atoms with Gasteiger partial charge in [-0.1, -0.05) is 12.1 Å². The fraction of sp³-hybridized carbons (Fsp3) is 0.125. The van der Waals surface area contributed by atoms with Gasteiger partial charge in [-0.2, -0.15) is 0 Å². The lowest BCUT2D eigenvalue weighted by atomic mass is 9.99. The van der Waals surface area contributed by atoms with Gasteiger partial charge in [-0.3, -0.25) is 0 Å². The number of fused-ring (bicyclic) bond motifs is 1. The number of hydrogen-bond donors (Lipinski definition) is 2. The summed E-state index contributed by atoms with van der Waals surface area (Å²) in [7, 11) is 1.56. The van der Waals surface area contributed by atoms with Crippen molar-refractivity contribution in [1.29, 1.82) is 0 Å². The molecule has 1 aliphatic heterocycles. The molecule has 102 valence electrons. The van der Waals surface area contributed by atoms with Gasteiger partial charge in [-0.05, 0) is 35.9 Å². The molecule has 0 saturated carbocycles. The maximum absolute atomic E-state index is 9.49. The van der Waals surface area contributed by atoms with Crippen molar-refractivity contribution in [3.05, 3.63) is 53.6 Å². The zero-order chi connectivity index (χ0) is 14.1. The van der Waals surface area contributed by atoms with Crippen LogP contribution in [0.2, 0.25) is 0 Å². The van der Waals surface area contributed by atoms with Crippen LogP contribution in [0, 0.1) is 0 Å². The first-order valence-electron chi connectivity index (χ1n) is 6.21. The molecule has 0 fully saturated rings. The molecule has 3 rings (SSSR count). The van der Waals surface area contributed by atoms with Crippen molar-refractivity contribution in [2.45, 2.75) is 6.29 Å². The van der Waals surface area contributed by atoms with E-state index < -0.39 is 6.29 Å². The first-order valence-corrected chi connectivity index (χ1v) is 6.21. The van der Waals surface area contributed by atoms with Crippen molar-refractivity contribution in [2.75, 3.05) is 7.11 Å². The highest BCUT2D eigenvalue weighted by Crippen LogP contribution is 2.36. The smallest absolute Gasteiger partial charge is 0.227 e. The minimum Gasteiger partial charge on any atom is -0.508 e. The molecular weight excluding hydrogens is 256 g/mol. The number of rotatable bonds is 2. The quantitative estimate of drug-likeness (QED) is 0.880. The van der Waals surface area contributed by atoms with Gasteiger partial charge in [0.25, 0.3) is 0 Å². The second kappa shape index (κ2) is 4.90. The Morgan fingerprint density at radius 1 is 1.00 bits per heavy atom. The standard InChI is InChI=1S/C16H14O4/c1-19-16-14(10-2-5-12(17)6-3-10)8-11-4-7-13(18)9-15(11)20-16/h2-9,16-18H,1H3. The molecule has 2 N–H and O–H groups in total. The summed E-state index contributed by atoms with van der Waals surface area (Å²) in [5, 5.41) is 18.8. The number of hydrogen-bond acceptors (Lipinski definition) is 4. The minimum atomic E-state index is -0.547. The number of benzene rings is 2. The van der Waals surface area contributed by atoms with Gasteiger partial charge in [0.15, 0.2) is 0 Å².